The third kappa shape index (κ3) is 3.94. The lowest BCUT2D eigenvalue weighted by Crippen LogP contribution is -2.44. The minimum atomic E-state index is -0.0150. The highest BCUT2D eigenvalue weighted by Gasteiger charge is 2.21. The highest BCUT2D eigenvalue weighted by molar-refractivity contribution is 7.15. The molecule has 0 saturated carbocycles. The van der Waals surface area contributed by atoms with Gasteiger partial charge in [0, 0.05) is 48.4 Å². The molecule has 1 aliphatic rings. The lowest BCUT2D eigenvalue weighted by Gasteiger charge is -2.32. The fourth-order valence-corrected chi connectivity index (χ4v) is 4.40. The fraction of sp³-hybridized carbons (Fsp3) is 0.350. The van der Waals surface area contributed by atoms with Crippen LogP contribution >= 0.6 is 11.3 Å². The van der Waals surface area contributed by atoms with Gasteiger partial charge in [-0.15, -0.1) is 11.3 Å². The molecule has 1 saturated heterocycles. The Morgan fingerprint density at radius 2 is 2.00 bits per heavy atom. The van der Waals surface area contributed by atoms with E-state index in [9.17, 15) is 9.59 Å². The summed E-state index contributed by atoms with van der Waals surface area (Å²) < 4.78 is 1.65. The third-order valence-electron chi connectivity index (χ3n) is 4.97. The first kappa shape index (κ1) is 17.9. The second kappa shape index (κ2) is 7.62. The van der Waals surface area contributed by atoms with E-state index in [1.165, 1.54) is 11.3 Å². The first-order chi connectivity index (χ1) is 13.1. The molecule has 7 heteroatoms. The standard InChI is InChI=1S/C20H22N4O2S/c1-14-13-27-20-22-17(11-18(25)24(14)20)12-23-9-7-16(8-10-23)21-19(26)15-5-3-2-4-6-15/h2-6,11,13,16H,7-10,12H2,1H3,(H,21,26). The number of aromatic nitrogens is 2. The molecule has 3 heterocycles. The van der Waals surface area contributed by atoms with Crippen LogP contribution in [-0.2, 0) is 6.54 Å². The quantitative estimate of drug-likeness (QED) is 0.753. The van der Waals surface area contributed by atoms with Crippen molar-refractivity contribution in [1.82, 2.24) is 19.6 Å². The molecule has 0 radical (unpaired) electrons. The van der Waals surface area contributed by atoms with Crippen molar-refractivity contribution in [3.05, 3.63) is 69.1 Å². The Kier molecular flexibility index (Phi) is 5.05. The highest BCUT2D eigenvalue weighted by Crippen LogP contribution is 2.16. The van der Waals surface area contributed by atoms with Crippen LogP contribution < -0.4 is 10.9 Å². The number of aryl methyl sites for hydroxylation is 1. The van der Waals surface area contributed by atoms with Gasteiger partial charge in [-0.2, -0.15) is 0 Å². The van der Waals surface area contributed by atoms with Crippen LogP contribution in [0.4, 0.5) is 0 Å². The number of hydrogen-bond donors (Lipinski definition) is 1. The van der Waals surface area contributed by atoms with E-state index in [0.717, 1.165) is 42.3 Å². The summed E-state index contributed by atoms with van der Waals surface area (Å²) in [6, 6.07) is 11.1. The van der Waals surface area contributed by atoms with Crippen molar-refractivity contribution in [2.24, 2.45) is 0 Å². The predicted molar refractivity (Wildman–Crippen MR) is 106 cm³/mol. The maximum absolute atomic E-state index is 12.3. The Balaban J connectivity index is 1.34. The van der Waals surface area contributed by atoms with Crippen LogP contribution in [0.15, 0.2) is 46.6 Å². The van der Waals surface area contributed by atoms with Crippen LogP contribution in [0.2, 0.25) is 0 Å². The van der Waals surface area contributed by atoms with Crippen LogP contribution in [0.3, 0.4) is 0 Å². The molecule has 3 aromatic rings. The molecule has 2 aromatic heterocycles. The van der Waals surface area contributed by atoms with Gasteiger partial charge in [-0.3, -0.25) is 18.9 Å². The highest BCUT2D eigenvalue weighted by atomic mass is 32.1. The maximum atomic E-state index is 12.3. The van der Waals surface area contributed by atoms with Crippen molar-refractivity contribution in [2.45, 2.75) is 32.4 Å². The van der Waals surface area contributed by atoms with Crippen LogP contribution in [0, 0.1) is 6.92 Å². The second-order valence-corrected chi connectivity index (χ2v) is 7.81. The first-order valence-corrected chi connectivity index (χ1v) is 10.0. The Bertz CT molecular complexity index is 1000. The van der Waals surface area contributed by atoms with Crippen molar-refractivity contribution in [3.63, 3.8) is 0 Å². The zero-order chi connectivity index (χ0) is 18.8. The smallest absolute Gasteiger partial charge is 0.259 e. The van der Waals surface area contributed by atoms with E-state index < -0.39 is 0 Å². The number of amides is 1. The summed E-state index contributed by atoms with van der Waals surface area (Å²) in [4.78, 5) is 32.2. The number of benzene rings is 1. The monoisotopic (exact) mass is 382 g/mol. The number of fused-ring (bicyclic) bond motifs is 1. The number of rotatable bonds is 4. The van der Waals surface area contributed by atoms with Gasteiger partial charge in [-0.25, -0.2) is 4.98 Å². The zero-order valence-corrected chi connectivity index (χ0v) is 16.0. The van der Waals surface area contributed by atoms with Crippen molar-refractivity contribution in [2.75, 3.05) is 13.1 Å². The summed E-state index contributed by atoms with van der Waals surface area (Å²) in [5.41, 5.74) is 2.42. The number of nitrogens with zero attached hydrogens (tertiary/aromatic N) is 3. The lowest BCUT2D eigenvalue weighted by atomic mass is 10.0. The van der Waals surface area contributed by atoms with Crippen LogP contribution in [0.5, 0.6) is 0 Å². The Morgan fingerprint density at radius 1 is 1.26 bits per heavy atom. The molecule has 1 aliphatic heterocycles. The van der Waals surface area contributed by atoms with Crippen LogP contribution in [0.1, 0.15) is 34.6 Å². The molecule has 6 nitrogen and oxygen atoms in total. The second-order valence-electron chi connectivity index (χ2n) is 6.97. The number of carbonyl (C=O) groups excluding carboxylic acids is 1. The summed E-state index contributed by atoms with van der Waals surface area (Å²) >= 11 is 1.50. The average molecular weight is 382 g/mol. The molecule has 140 valence electrons. The van der Waals surface area contributed by atoms with E-state index in [0.29, 0.717) is 12.1 Å². The van der Waals surface area contributed by atoms with E-state index in [2.05, 4.69) is 15.2 Å². The molecule has 0 atom stereocenters. The summed E-state index contributed by atoms with van der Waals surface area (Å²) in [7, 11) is 0. The van der Waals surface area contributed by atoms with Gasteiger partial charge in [0.2, 0.25) is 0 Å². The van der Waals surface area contributed by atoms with Crippen molar-refractivity contribution >= 4 is 22.2 Å². The number of piperidine rings is 1. The Hall–Kier alpha value is -2.51. The molecule has 4 rings (SSSR count). The van der Waals surface area contributed by atoms with E-state index in [1.807, 2.05) is 42.6 Å². The molecule has 1 fully saturated rings. The van der Waals surface area contributed by atoms with Crippen molar-refractivity contribution in [3.8, 4) is 0 Å². The molecule has 1 amide bonds. The van der Waals surface area contributed by atoms with Gasteiger partial charge >= 0.3 is 0 Å². The first-order valence-electron chi connectivity index (χ1n) is 9.15. The molecule has 0 bridgehead atoms. The van der Waals surface area contributed by atoms with Crippen molar-refractivity contribution in [1.29, 1.82) is 0 Å². The molecule has 1 N–H and O–H groups in total. The molecule has 0 unspecified atom stereocenters. The summed E-state index contributed by atoms with van der Waals surface area (Å²) in [6.45, 7) is 4.34. The number of likely N-dealkylation sites (tertiary alicyclic amines) is 1. The molecule has 0 spiro atoms. The minimum absolute atomic E-state index is 0.0118. The van der Waals surface area contributed by atoms with Crippen LogP contribution in [0.25, 0.3) is 4.96 Å². The third-order valence-corrected chi connectivity index (χ3v) is 5.92. The van der Waals surface area contributed by atoms with Gasteiger partial charge < -0.3 is 5.32 Å². The van der Waals surface area contributed by atoms with Gasteiger partial charge in [0.15, 0.2) is 4.96 Å². The topological polar surface area (TPSA) is 66.7 Å². The normalized spacial score (nSPS) is 15.9. The molecular formula is C20H22N4O2S. The summed E-state index contributed by atoms with van der Waals surface area (Å²) in [6.07, 6.45) is 1.80. The van der Waals surface area contributed by atoms with Gasteiger partial charge in [0.1, 0.15) is 0 Å². The fourth-order valence-electron chi connectivity index (χ4n) is 3.50. The predicted octanol–water partition coefficient (Wildman–Crippen LogP) is 2.46. The zero-order valence-electron chi connectivity index (χ0n) is 15.2. The average Bonchev–Trinajstić information content (AvgIpc) is 3.05. The number of thiazole rings is 1. The summed E-state index contributed by atoms with van der Waals surface area (Å²) in [5.74, 6) is -0.0118. The van der Waals surface area contributed by atoms with Gasteiger partial charge in [0.25, 0.3) is 11.5 Å². The largest absolute Gasteiger partial charge is 0.349 e. The van der Waals surface area contributed by atoms with Crippen LogP contribution in [-0.4, -0.2) is 39.3 Å². The van der Waals surface area contributed by atoms with Gasteiger partial charge in [-0.1, -0.05) is 18.2 Å². The Morgan fingerprint density at radius 3 is 2.74 bits per heavy atom. The van der Waals surface area contributed by atoms with E-state index in [4.69, 9.17) is 0 Å². The molecule has 1 aromatic carbocycles. The lowest BCUT2D eigenvalue weighted by molar-refractivity contribution is 0.0908. The van der Waals surface area contributed by atoms with Gasteiger partial charge in [-0.05, 0) is 31.9 Å². The number of carbonyl (C=O) groups is 1. The molecule has 0 aliphatic carbocycles. The van der Waals surface area contributed by atoms with Crippen molar-refractivity contribution < 1.29 is 4.79 Å². The minimum Gasteiger partial charge on any atom is -0.349 e. The van der Waals surface area contributed by atoms with E-state index in [-0.39, 0.29) is 17.5 Å². The summed E-state index contributed by atoms with van der Waals surface area (Å²) in [5, 5.41) is 5.08. The molecule has 27 heavy (non-hydrogen) atoms. The van der Waals surface area contributed by atoms with Gasteiger partial charge in [0.05, 0.1) is 5.69 Å². The maximum Gasteiger partial charge on any atom is 0.259 e. The van der Waals surface area contributed by atoms with E-state index in [1.54, 1.807) is 10.5 Å². The Labute approximate surface area is 161 Å². The number of hydrogen-bond acceptors (Lipinski definition) is 5. The molecular weight excluding hydrogens is 360 g/mol. The number of nitrogens with one attached hydrogen (secondary N) is 1. The SMILES string of the molecule is Cc1csc2nc(CN3CCC(NC(=O)c4ccccc4)CC3)cc(=O)n12. The van der Waals surface area contributed by atoms with E-state index >= 15 is 0 Å².